The van der Waals surface area contributed by atoms with Gasteiger partial charge in [-0.2, -0.15) is 0 Å². The zero-order chi connectivity index (χ0) is 12.7. The highest BCUT2D eigenvalue weighted by Gasteiger charge is 1.96. The van der Waals surface area contributed by atoms with Crippen LogP contribution in [-0.4, -0.2) is 0 Å². The summed E-state index contributed by atoms with van der Waals surface area (Å²) in [7, 11) is 0. The Morgan fingerprint density at radius 1 is 0.882 bits per heavy atom. The normalized spacial score (nSPS) is 9.29. The summed E-state index contributed by atoms with van der Waals surface area (Å²) in [5.74, 6) is 0. The van der Waals surface area contributed by atoms with Crippen LogP contribution in [0.15, 0.2) is 48.5 Å². The van der Waals surface area contributed by atoms with Gasteiger partial charge in [0.2, 0.25) is 0 Å². The van der Waals surface area contributed by atoms with E-state index in [9.17, 15) is 0 Å². The molecule has 2 rings (SSSR count). The second-order valence-corrected chi connectivity index (χ2v) is 3.91. The van der Waals surface area contributed by atoms with Crippen molar-refractivity contribution in [3.8, 4) is 0 Å². The lowest BCUT2D eigenvalue weighted by Crippen LogP contribution is -1.94. The Hall–Kier alpha value is -1.96. The van der Waals surface area contributed by atoms with Crippen LogP contribution in [0.5, 0.6) is 0 Å². The van der Waals surface area contributed by atoms with Crippen molar-refractivity contribution in [1.82, 2.24) is 0 Å². The Morgan fingerprint density at radius 3 is 1.94 bits per heavy atom. The van der Waals surface area contributed by atoms with Crippen LogP contribution in [0.25, 0.3) is 0 Å². The van der Waals surface area contributed by atoms with Crippen molar-refractivity contribution in [1.29, 1.82) is 0 Å². The summed E-state index contributed by atoms with van der Waals surface area (Å²) in [6.07, 6.45) is 1.02. The first-order valence-electron chi connectivity index (χ1n) is 5.79. The topological polar surface area (TPSA) is 52.0 Å². The van der Waals surface area contributed by atoms with Crippen molar-refractivity contribution in [3.05, 3.63) is 59.7 Å². The minimum Gasteiger partial charge on any atom is -0.399 e. The molecule has 2 aromatic rings. The molecule has 0 fully saturated rings. The largest absolute Gasteiger partial charge is 0.399 e. The third kappa shape index (κ3) is 4.19. The number of nitrogen functional groups attached to an aromatic ring is 2. The predicted molar refractivity (Wildman–Crippen MR) is 75.8 cm³/mol. The van der Waals surface area contributed by atoms with E-state index in [-0.39, 0.29) is 0 Å². The molecule has 0 aromatic heterocycles. The summed E-state index contributed by atoms with van der Waals surface area (Å²) >= 11 is 0. The van der Waals surface area contributed by atoms with Gasteiger partial charge in [0.1, 0.15) is 0 Å². The fourth-order valence-corrected chi connectivity index (χ4v) is 1.50. The summed E-state index contributed by atoms with van der Waals surface area (Å²) in [5, 5.41) is 0. The standard InChI is InChI=1S/C9H13N.C6H7N/c1-3-8-6-4-5-7(2)9(8)10;7-6-4-2-1-3-5-6/h4-6H,3,10H2,1-2H3;1-5H,7H2. The van der Waals surface area contributed by atoms with Crippen LogP contribution in [0.2, 0.25) is 0 Å². The van der Waals surface area contributed by atoms with E-state index < -0.39 is 0 Å². The molecule has 0 aliphatic heterocycles. The van der Waals surface area contributed by atoms with Crippen LogP contribution in [0, 0.1) is 6.92 Å². The molecule has 17 heavy (non-hydrogen) atoms. The Bertz CT molecular complexity index is 450. The molecule has 0 unspecified atom stereocenters. The lowest BCUT2D eigenvalue weighted by Gasteiger charge is -2.04. The Labute approximate surface area is 103 Å². The lowest BCUT2D eigenvalue weighted by molar-refractivity contribution is 1.14. The molecule has 2 aromatic carbocycles. The second-order valence-electron chi connectivity index (χ2n) is 3.91. The number of anilines is 2. The van der Waals surface area contributed by atoms with Crippen molar-refractivity contribution in [3.63, 3.8) is 0 Å². The molecule has 2 nitrogen and oxygen atoms in total. The number of hydrogen-bond acceptors (Lipinski definition) is 2. The zero-order valence-electron chi connectivity index (χ0n) is 10.5. The summed E-state index contributed by atoms with van der Waals surface area (Å²) in [4.78, 5) is 0. The molecule has 0 spiro atoms. The highest BCUT2D eigenvalue weighted by Crippen LogP contribution is 2.16. The van der Waals surface area contributed by atoms with Gasteiger partial charge in [0.25, 0.3) is 0 Å². The number of para-hydroxylation sites is 2. The van der Waals surface area contributed by atoms with Crippen LogP contribution < -0.4 is 11.5 Å². The molecular weight excluding hydrogens is 208 g/mol. The van der Waals surface area contributed by atoms with Gasteiger partial charge >= 0.3 is 0 Å². The highest BCUT2D eigenvalue weighted by atomic mass is 14.6. The molecule has 0 aliphatic carbocycles. The van der Waals surface area contributed by atoms with Gasteiger partial charge in [-0.3, -0.25) is 0 Å². The van der Waals surface area contributed by atoms with Gasteiger partial charge in [-0.15, -0.1) is 0 Å². The lowest BCUT2D eigenvalue weighted by atomic mass is 10.1. The molecular formula is C15H20N2. The van der Waals surface area contributed by atoms with Crippen LogP contribution >= 0.6 is 0 Å². The molecule has 4 N–H and O–H groups in total. The van der Waals surface area contributed by atoms with E-state index in [0.717, 1.165) is 17.8 Å². The van der Waals surface area contributed by atoms with E-state index in [1.807, 2.05) is 49.4 Å². The summed E-state index contributed by atoms with van der Waals surface area (Å²) in [6, 6.07) is 15.6. The van der Waals surface area contributed by atoms with E-state index in [0.29, 0.717) is 0 Å². The first kappa shape index (κ1) is 13.1. The number of hydrogen-bond donors (Lipinski definition) is 2. The van der Waals surface area contributed by atoms with Gasteiger partial charge in [0, 0.05) is 11.4 Å². The molecule has 0 atom stereocenters. The third-order valence-electron chi connectivity index (χ3n) is 2.59. The maximum Gasteiger partial charge on any atom is 0.0376 e. The molecule has 2 heteroatoms. The smallest absolute Gasteiger partial charge is 0.0376 e. The first-order chi connectivity index (χ1) is 8.15. The Morgan fingerprint density at radius 2 is 1.53 bits per heavy atom. The summed E-state index contributed by atoms with van der Waals surface area (Å²) < 4.78 is 0. The zero-order valence-corrected chi connectivity index (χ0v) is 10.5. The van der Waals surface area contributed by atoms with Gasteiger partial charge in [0.15, 0.2) is 0 Å². The molecule has 0 saturated carbocycles. The van der Waals surface area contributed by atoms with Crippen molar-refractivity contribution < 1.29 is 0 Å². The molecule has 0 radical (unpaired) electrons. The van der Waals surface area contributed by atoms with Crippen molar-refractivity contribution >= 4 is 11.4 Å². The SMILES string of the molecule is CCc1cccc(C)c1N.Nc1ccccc1. The average molecular weight is 228 g/mol. The maximum atomic E-state index is 5.79. The van der Waals surface area contributed by atoms with Crippen LogP contribution in [0.1, 0.15) is 18.1 Å². The summed E-state index contributed by atoms with van der Waals surface area (Å²) in [5.41, 5.74) is 15.4. The van der Waals surface area contributed by atoms with E-state index in [2.05, 4.69) is 13.0 Å². The van der Waals surface area contributed by atoms with Crippen molar-refractivity contribution in [2.45, 2.75) is 20.3 Å². The minimum absolute atomic E-state index is 0.822. The van der Waals surface area contributed by atoms with E-state index in [4.69, 9.17) is 11.5 Å². The van der Waals surface area contributed by atoms with Gasteiger partial charge in [0.05, 0.1) is 0 Å². The first-order valence-corrected chi connectivity index (χ1v) is 5.79. The van der Waals surface area contributed by atoms with Gasteiger partial charge < -0.3 is 11.5 Å². The van der Waals surface area contributed by atoms with Crippen LogP contribution in [0.3, 0.4) is 0 Å². The molecule has 0 amide bonds. The van der Waals surface area contributed by atoms with Gasteiger partial charge in [-0.1, -0.05) is 43.3 Å². The Kier molecular flexibility index (Phi) is 5.08. The predicted octanol–water partition coefficient (Wildman–Crippen LogP) is 3.41. The quantitative estimate of drug-likeness (QED) is 0.735. The second kappa shape index (κ2) is 6.59. The monoisotopic (exact) mass is 228 g/mol. The maximum absolute atomic E-state index is 5.79. The van der Waals surface area contributed by atoms with Crippen LogP contribution in [-0.2, 0) is 6.42 Å². The number of nitrogens with two attached hydrogens (primary N) is 2. The molecule has 0 saturated heterocycles. The fraction of sp³-hybridized carbons (Fsp3) is 0.200. The molecule has 90 valence electrons. The molecule has 0 aliphatic rings. The third-order valence-corrected chi connectivity index (χ3v) is 2.59. The highest BCUT2D eigenvalue weighted by molar-refractivity contribution is 5.52. The molecule has 0 heterocycles. The van der Waals surface area contributed by atoms with Crippen molar-refractivity contribution in [2.24, 2.45) is 0 Å². The number of benzene rings is 2. The van der Waals surface area contributed by atoms with Crippen molar-refractivity contribution in [2.75, 3.05) is 11.5 Å². The average Bonchev–Trinajstić information content (AvgIpc) is 2.34. The number of aryl methyl sites for hydroxylation is 2. The minimum atomic E-state index is 0.822. The van der Waals surface area contributed by atoms with Gasteiger partial charge in [-0.05, 0) is 36.6 Å². The van der Waals surface area contributed by atoms with E-state index in [1.54, 1.807) is 0 Å². The Balaban J connectivity index is 0.000000181. The fourth-order valence-electron chi connectivity index (χ4n) is 1.50. The summed E-state index contributed by atoms with van der Waals surface area (Å²) in [6.45, 7) is 4.15. The van der Waals surface area contributed by atoms with E-state index in [1.165, 1.54) is 11.1 Å². The van der Waals surface area contributed by atoms with Gasteiger partial charge in [-0.25, -0.2) is 0 Å². The van der Waals surface area contributed by atoms with E-state index >= 15 is 0 Å². The molecule has 0 bridgehead atoms. The number of rotatable bonds is 1. The van der Waals surface area contributed by atoms with Crippen LogP contribution in [0.4, 0.5) is 11.4 Å².